The number of carbonyl (C=O) groups is 2. The van der Waals surface area contributed by atoms with Gasteiger partial charge in [0, 0.05) is 12.6 Å². The maximum atomic E-state index is 13.6. The van der Waals surface area contributed by atoms with E-state index in [2.05, 4.69) is 15.4 Å². The summed E-state index contributed by atoms with van der Waals surface area (Å²) in [5.41, 5.74) is -2.89. The normalized spacial score (nSPS) is 17.9. The van der Waals surface area contributed by atoms with Crippen molar-refractivity contribution in [2.75, 3.05) is 16.2 Å². The number of alkyl halides is 3. The molecule has 202 valence electrons. The molecule has 0 aromatic heterocycles. The van der Waals surface area contributed by atoms with Crippen molar-refractivity contribution in [2.45, 2.75) is 56.5 Å². The minimum atomic E-state index is -4.83. The van der Waals surface area contributed by atoms with Crippen LogP contribution in [0.15, 0.2) is 47.4 Å². The molecule has 1 heterocycles. The van der Waals surface area contributed by atoms with Gasteiger partial charge in [0.2, 0.25) is 11.5 Å². The average Bonchev–Trinajstić information content (AvgIpc) is 2.76. The molecule has 3 rings (SSSR count). The van der Waals surface area contributed by atoms with Crippen molar-refractivity contribution in [1.29, 1.82) is 0 Å². The zero-order valence-corrected chi connectivity index (χ0v) is 21.0. The Labute approximate surface area is 210 Å². The third kappa shape index (κ3) is 6.06. The number of halogens is 4. The van der Waals surface area contributed by atoms with Crippen molar-refractivity contribution >= 4 is 33.4 Å². The van der Waals surface area contributed by atoms with Gasteiger partial charge in [0.15, 0.2) is 0 Å². The molecular formula is C23H25F4N3O6S. The lowest BCUT2D eigenvalue weighted by atomic mass is 10.1. The van der Waals surface area contributed by atoms with Crippen LogP contribution in [0, 0.1) is 5.82 Å². The van der Waals surface area contributed by atoms with Gasteiger partial charge in [-0.3, -0.25) is 14.4 Å². The number of amides is 2. The minimum absolute atomic E-state index is 0.0375. The van der Waals surface area contributed by atoms with E-state index in [1.54, 1.807) is 0 Å². The third-order valence-electron chi connectivity index (χ3n) is 5.58. The lowest BCUT2D eigenvalue weighted by Gasteiger charge is -2.41. The van der Waals surface area contributed by atoms with Crippen LogP contribution in [0.25, 0.3) is 0 Å². The lowest BCUT2D eigenvalue weighted by Crippen LogP contribution is -2.54. The summed E-state index contributed by atoms with van der Waals surface area (Å²) < 4.78 is 91.3. The number of ether oxygens (including phenoxy) is 2. The molecule has 1 aliphatic heterocycles. The highest BCUT2D eigenvalue weighted by atomic mass is 32.2. The van der Waals surface area contributed by atoms with Crippen molar-refractivity contribution in [2.24, 2.45) is 0 Å². The number of benzene rings is 2. The van der Waals surface area contributed by atoms with E-state index in [1.807, 2.05) is 0 Å². The monoisotopic (exact) mass is 547 g/mol. The fourth-order valence-corrected chi connectivity index (χ4v) is 5.14. The van der Waals surface area contributed by atoms with E-state index in [0.29, 0.717) is 13.8 Å². The van der Waals surface area contributed by atoms with E-state index in [4.69, 9.17) is 4.74 Å². The molecule has 37 heavy (non-hydrogen) atoms. The Morgan fingerprint density at radius 1 is 1.11 bits per heavy atom. The van der Waals surface area contributed by atoms with Crippen LogP contribution < -0.4 is 19.7 Å². The van der Waals surface area contributed by atoms with Gasteiger partial charge in [-0.25, -0.2) is 17.6 Å². The summed E-state index contributed by atoms with van der Waals surface area (Å²) >= 11 is 0. The molecular weight excluding hydrogens is 522 g/mol. The van der Waals surface area contributed by atoms with Gasteiger partial charge in [0.25, 0.3) is 10.0 Å². The van der Waals surface area contributed by atoms with Crippen molar-refractivity contribution in [3.05, 3.63) is 48.3 Å². The molecule has 0 saturated carbocycles. The fraction of sp³-hybridized carbons (Fsp3) is 0.391. The summed E-state index contributed by atoms with van der Waals surface area (Å²) in [7, 11) is -4.33. The highest BCUT2D eigenvalue weighted by molar-refractivity contribution is 7.92. The topological polar surface area (TPSA) is 114 Å². The van der Waals surface area contributed by atoms with Gasteiger partial charge < -0.3 is 14.8 Å². The second-order valence-electron chi connectivity index (χ2n) is 8.79. The van der Waals surface area contributed by atoms with E-state index in [0.717, 1.165) is 28.6 Å². The van der Waals surface area contributed by atoms with Crippen LogP contribution in [0.5, 0.6) is 5.75 Å². The van der Waals surface area contributed by atoms with Crippen LogP contribution in [0.1, 0.15) is 27.7 Å². The first-order valence-corrected chi connectivity index (χ1v) is 12.4. The van der Waals surface area contributed by atoms with Crippen LogP contribution in [0.3, 0.4) is 0 Å². The van der Waals surface area contributed by atoms with Gasteiger partial charge in [-0.05, 0) is 63.2 Å². The number of nitrogens with one attached hydrogen (secondary N) is 2. The Bertz CT molecular complexity index is 1280. The number of rotatable bonds is 6. The molecule has 2 aromatic rings. The molecule has 0 aliphatic carbocycles. The summed E-state index contributed by atoms with van der Waals surface area (Å²) in [6.45, 7) is 4.13. The van der Waals surface area contributed by atoms with Crippen LogP contribution in [-0.2, 0) is 19.6 Å². The smallest absolute Gasteiger partial charge is 0.427 e. The molecule has 0 fully saturated rings. The number of fused-ring (bicyclic) bond motifs is 1. The van der Waals surface area contributed by atoms with Gasteiger partial charge in [0.1, 0.15) is 17.7 Å². The zero-order chi connectivity index (χ0) is 27.8. The number of carbonyl (C=O) groups excluding carboxylic acids is 2. The van der Waals surface area contributed by atoms with Gasteiger partial charge in [0.05, 0.1) is 23.2 Å². The maximum absolute atomic E-state index is 13.6. The molecule has 14 heteroatoms. The summed E-state index contributed by atoms with van der Waals surface area (Å²) in [6.07, 6.45) is -7.07. The highest BCUT2D eigenvalue weighted by Crippen LogP contribution is 2.41. The van der Waals surface area contributed by atoms with Gasteiger partial charge in [-0.15, -0.1) is 0 Å². The average molecular weight is 548 g/mol. The second kappa shape index (κ2) is 10.1. The Morgan fingerprint density at radius 3 is 2.30 bits per heavy atom. The second-order valence-corrected chi connectivity index (χ2v) is 10.6. The molecule has 2 aromatic carbocycles. The molecule has 2 amide bonds. The Morgan fingerprint density at radius 2 is 1.73 bits per heavy atom. The molecule has 0 radical (unpaired) electrons. The Balaban J connectivity index is 2.00. The zero-order valence-electron chi connectivity index (χ0n) is 20.2. The molecule has 0 bridgehead atoms. The first kappa shape index (κ1) is 28.0. The molecule has 2 unspecified atom stereocenters. The van der Waals surface area contributed by atoms with E-state index < -0.39 is 45.9 Å². The SMILES string of the molecule is CC(=O)NCC1Oc2ccc(NC(=O)OC(C)(C)C(F)(F)F)cc2N(S(=O)(=O)c2ccc(F)cc2)C1C. The van der Waals surface area contributed by atoms with Crippen molar-refractivity contribution < 1.29 is 45.0 Å². The molecule has 9 nitrogen and oxygen atoms in total. The number of nitrogens with zero attached hydrogens (tertiary/aromatic N) is 1. The first-order chi connectivity index (χ1) is 17.0. The Hall–Kier alpha value is -3.55. The van der Waals surface area contributed by atoms with Crippen LogP contribution in [0.4, 0.5) is 33.7 Å². The van der Waals surface area contributed by atoms with Crippen molar-refractivity contribution in [3.63, 3.8) is 0 Å². The molecule has 2 atom stereocenters. The molecule has 0 saturated heterocycles. The first-order valence-electron chi connectivity index (χ1n) is 10.9. The van der Waals surface area contributed by atoms with E-state index in [-0.39, 0.29) is 34.5 Å². The Kier molecular flexibility index (Phi) is 7.63. The van der Waals surface area contributed by atoms with Gasteiger partial charge in [-0.2, -0.15) is 13.2 Å². The maximum Gasteiger partial charge on any atom is 0.427 e. The lowest BCUT2D eigenvalue weighted by molar-refractivity contribution is -0.242. The fourth-order valence-electron chi connectivity index (χ4n) is 3.46. The van der Waals surface area contributed by atoms with Gasteiger partial charge >= 0.3 is 12.3 Å². The number of hydrogen-bond acceptors (Lipinski definition) is 6. The summed E-state index contributed by atoms with van der Waals surface area (Å²) in [5, 5.41) is 4.73. The van der Waals surface area contributed by atoms with Crippen molar-refractivity contribution in [3.8, 4) is 5.75 Å². The number of sulfonamides is 1. The van der Waals surface area contributed by atoms with E-state index in [1.165, 1.54) is 32.0 Å². The standard InChI is InChI=1S/C23H25F4N3O6S/c1-13-20(12-28-14(2)31)35-19-10-7-16(29-21(32)36-22(3,4)23(25,26)27)11-18(19)30(13)37(33,34)17-8-5-15(24)6-9-17/h5-11,13,20H,12H2,1-4H3,(H,28,31)(H,29,32). The van der Waals surface area contributed by atoms with Gasteiger partial charge in [-0.1, -0.05) is 0 Å². The van der Waals surface area contributed by atoms with Crippen LogP contribution in [-0.4, -0.2) is 50.9 Å². The largest absolute Gasteiger partial charge is 0.484 e. The summed E-state index contributed by atoms with van der Waals surface area (Å²) in [4.78, 5) is 23.4. The molecule has 2 N–H and O–H groups in total. The quantitative estimate of drug-likeness (QED) is 0.525. The van der Waals surface area contributed by atoms with Crippen LogP contribution >= 0.6 is 0 Å². The molecule has 1 aliphatic rings. The molecule has 0 spiro atoms. The van der Waals surface area contributed by atoms with E-state index in [9.17, 15) is 35.6 Å². The highest BCUT2D eigenvalue weighted by Gasteiger charge is 2.51. The predicted molar refractivity (Wildman–Crippen MR) is 125 cm³/mol. The summed E-state index contributed by atoms with van der Waals surface area (Å²) in [6, 6.07) is 7.01. The van der Waals surface area contributed by atoms with Crippen LogP contribution in [0.2, 0.25) is 0 Å². The number of anilines is 2. The third-order valence-corrected chi connectivity index (χ3v) is 7.50. The predicted octanol–water partition coefficient (Wildman–Crippen LogP) is 4.20. The summed E-state index contributed by atoms with van der Waals surface area (Å²) in [5.74, 6) is -0.951. The van der Waals surface area contributed by atoms with Crippen molar-refractivity contribution in [1.82, 2.24) is 5.32 Å². The van der Waals surface area contributed by atoms with E-state index >= 15 is 0 Å². The number of hydrogen-bond donors (Lipinski definition) is 2. The minimum Gasteiger partial charge on any atom is -0.484 e.